The predicted octanol–water partition coefficient (Wildman–Crippen LogP) is 3.25. The van der Waals surface area contributed by atoms with Crippen LogP contribution in [0.15, 0.2) is 24.3 Å². The predicted molar refractivity (Wildman–Crippen MR) is 84.4 cm³/mol. The first-order valence-electron chi connectivity index (χ1n) is 7.40. The summed E-state index contributed by atoms with van der Waals surface area (Å²) in [6.07, 6.45) is 1.95. The Morgan fingerprint density at radius 3 is 3.05 bits per heavy atom. The van der Waals surface area contributed by atoms with E-state index in [1.807, 2.05) is 11.0 Å². The Balaban J connectivity index is 1.89. The van der Waals surface area contributed by atoms with Gasteiger partial charge in [0.2, 0.25) is 0 Å². The molecule has 1 aromatic heterocycles. The van der Waals surface area contributed by atoms with Crippen molar-refractivity contribution in [1.82, 2.24) is 10.2 Å². The van der Waals surface area contributed by atoms with Crippen LogP contribution in [-0.2, 0) is 0 Å². The number of hydrogen-bond donors (Lipinski definition) is 1. The van der Waals surface area contributed by atoms with E-state index >= 15 is 0 Å². The molecule has 3 rings (SSSR count). The Kier molecular flexibility index (Phi) is 4.22. The van der Waals surface area contributed by atoms with Crippen LogP contribution in [0.4, 0.5) is 4.39 Å². The van der Waals surface area contributed by atoms with E-state index in [-0.39, 0.29) is 17.8 Å². The van der Waals surface area contributed by atoms with Gasteiger partial charge in [0.05, 0.1) is 4.88 Å². The van der Waals surface area contributed by atoms with Crippen LogP contribution in [0.5, 0.6) is 0 Å². The van der Waals surface area contributed by atoms with Gasteiger partial charge in [-0.1, -0.05) is 13.0 Å². The fourth-order valence-corrected chi connectivity index (χ4v) is 3.89. The van der Waals surface area contributed by atoms with E-state index in [0.29, 0.717) is 4.88 Å². The summed E-state index contributed by atoms with van der Waals surface area (Å²) in [6, 6.07) is 6.83. The second-order valence-electron chi connectivity index (χ2n) is 5.44. The van der Waals surface area contributed by atoms with E-state index in [9.17, 15) is 9.18 Å². The highest BCUT2D eigenvalue weighted by Crippen LogP contribution is 2.28. The van der Waals surface area contributed by atoms with Gasteiger partial charge in [0.15, 0.2) is 0 Å². The lowest BCUT2D eigenvalue weighted by Gasteiger charge is -2.27. The molecule has 1 fully saturated rings. The fourth-order valence-electron chi connectivity index (χ4n) is 2.85. The molecule has 0 bridgehead atoms. The summed E-state index contributed by atoms with van der Waals surface area (Å²) in [5.41, 5.74) is 0. The maximum absolute atomic E-state index is 13.3. The number of nitrogens with one attached hydrogen (secondary N) is 1. The van der Waals surface area contributed by atoms with Crippen LogP contribution in [0.1, 0.15) is 29.4 Å². The number of halogens is 1. The minimum atomic E-state index is -0.256. The molecule has 1 aromatic carbocycles. The van der Waals surface area contributed by atoms with Gasteiger partial charge in [0, 0.05) is 23.8 Å². The number of rotatable bonds is 4. The maximum atomic E-state index is 13.3. The number of thiophene rings is 1. The molecule has 1 unspecified atom stereocenters. The van der Waals surface area contributed by atoms with Crippen molar-refractivity contribution in [2.45, 2.75) is 25.8 Å². The molecule has 0 radical (unpaired) electrons. The first-order valence-corrected chi connectivity index (χ1v) is 8.21. The van der Waals surface area contributed by atoms with E-state index < -0.39 is 0 Å². The highest BCUT2D eigenvalue weighted by Gasteiger charge is 2.27. The van der Waals surface area contributed by atoms with E-state index in [1.54, 1.807) is 6.07 Å². The number of hydrogen-bond acceptors (Lipinski definition) is 3. The average molecular weight is 306 g/mol. The molecule has 1 atom stereocenters. The molecule has 5 heteroatoms. The standard InChI is InChI=1S/C16H19FN2OS/c1-2-7-19(13-5-6-18-10-13)16(20)15-8-11-3-4-12(17)9-14(11)21-15/h3-4,8-9,13,18H,2,5-7,10H2,1H3. The molecule has 112 valence electrons. The van der Waals surface area contributed by atoms with Gasteiger partial charge in [-0.2, -0.15) is 0 Å². The van der Waals surface area contributed by atoms with Gasteiger partial charge in [-0.05, 0) is 43.0 Å². The third kappa shape index (κ3) is 2.94. The number of amides is 1. The molecule has 1 aliphatic rings. The Bertz CT molecular complexity index is 649. The molecule has 0 saturated carbocycles. The molecule has 1 N–H and O–H groups in total. The molecule has 2 heterocycles. The van der Waals surface area contributed by atoms with Gasteiger partial charge in [0.25, 0.3) is 5.91 Å². The van der Waals surface area contributed by atoms with E-state index in [0.717, 1.165) is 42.6 Å². The summed E-state index contributed by atoms with van der Waals surface area (Å²) >= 11 is 1.38. The summed E-state index contributed by atoms with van der Waals surface area (Å²) in [5.74, 6) is -0.180. The van der Waals surface area contributed by atoms with E-state index in [4.69, 9.17) is 0 Å². The van der Waals surface area contributed by atoms with Crippen LogP contribution >= 0.6 is 11.3 Å². The van der Waals surface area contributed by atoms with Gasteiger partial charge in [-0.3, -0.25) is 4.79 Å². The summed E-state index contributed by atoms with van der Waals surface area (Å²) in [4.78, 5) is 15.5. The number of nitrogens with zero attached hydrogens (tertiary/aromatic N) is 1. The Morgan fingerprint density at radius 2 is 2.33 bits per heavy atom. The van der Waals surface area contributed by atoms with Crippen molar-refractivity contribution in [2.75, 3.05) is 19.6 Å². The molecule has 1 amide bonds. The SMILES string of the molecule is CCCN(C(=O)c1cc2ccc(F)cc2s1)C1CCNC1. The molecular formula is C16H19FN2OS. The monoisotopic (exact) mass is 306 g/mol. The van der Waals surface area contributed by atoms with E-state index in [1.165, 1.54) is 23.5 Å². The van der Waals surface area contributed by atoms with Crippen molar-refractivity contribution >= 4 is 27.3 Å². The van der Waals surface area contributed by atoms with Crippen LogP contribution in [-0.4, -0.2) is 36.5 Å². The van der Waals surface area contributed by atoms with Gasteiger partial charge in [-0.25, -0.2) is 4.39 Å². The Morgan fingerprint density at radius 1 is 1.48 bits per heavy atom. The molecule has 3 nitrogen and oxygen atoms in total. The fraction of sp³-hybridized carbons (Fsp3) is 0.438. The lowest BCUT2D eigenvalue weighted by molar-refractivity contribution is 0.0697. The Labute approximate surface area is 127 Å². The zero-order chi connectivity index (χ0) is 14.8. The van der Waals surface area contributed by atoms with Crippen molar-refractivity contribution < 1.29 is 9.18 Å². The van der Waals surface area contributed by atoms with Crippen molar-refractivity contribution in [3.63, 3.8) is 0 Å². The average Bonchev–Trinajstić information content (AvgIpc) is 3.12. The molecular weight excluding hydrogens is 287 g/mol. The molecule has 0 aliphatic carbocycles. The van der Waals surface area contributed by atoms with Crippen LogP contribution in [0.3, 0.4) is 0 Å². The maximum Gasteiger partial charge on any atom is 0.264 e. The second-order valence-corrected chi connectivity index (χ2v) is 6.52. The van der Waals surface area contributed by atoms with Crippen molar-refractivity contribution in [2.24, 2.45) is 0 Å². The zero-order valence-electron chi connectivity index (χ0n) is 12.1. The normalized spacial score (nSPS) is 18.3. The van der Waals surface area contributed by atoms with Gasteiger partial charge >= 0.3 is 0 Å². The third-order valence-electron chi connectivity index (χ3n) is 3.89. The van der Waals surface area contributed by atoms with Crippen LogP contribution in [0, 0.1) is 5.82 Å². The van der Waals surface area contributed by atoms with Crippen LogP contribution < -0.4 is 5.32 Å². The summed E-state index contributed by atoms with van der Waals surface area (Å²) in [5, 5.41) is 4.25. The first-order chi connectivity index (χ1) is 10.2. The third-order valence-corrected chi connectivity index (χ3v) is 4.98. The first kappa shape index (κ1) is 14.5. The van der Waals surface area contributed by atoms with Gasteiger partial charge in [0.1, 0.15) is 5.82 Å². The highest BCUT2D eigenvalue weighted by molar-refractivity contribution is 7.20. The zero-order valence-corrected chi connectivity index (χ0v) is 12.9. The minimum absolute atomic E-state index is 0.0761. The van der Waals surface area contributed by atoms with Crippen molar-refractivity contribution in [3.05, 3.63) is 35.0 Å². The number of carbonyl (C=O) groups excluding carboxylic acids is 1. The second kappa shape index (κ2) is 6.12. The number of fused-ring (bicyclic) bond motifs is 1. The Hall–Kier alpha value is -1.46. The molecule has 1 aliphatic heterocycles. The molecule has 2 aromatic rings. The summed E-state index contributed by atoms with van der Waals surface area (Å²) in [6.45, 7) is 4.69. The van der Waals surface area contributed by atoms with Gasteiger partial charge < -0.3 is 10.2 Å². The smallest absolute Gasteiger partial charge is 0.264 e. The van der Waals surface area contributed by atoms with Crippen LogP contribution in [0.25, 0.3) is 10.1 Å². The lowest BCUT2D eigenvalue weighted by atomic mass is 10.2. The minimum Gasteiger partial charge on any atom is -0.334 e. The summed E-state index contributed by atoms with van der Waals surface area (Å²) < 4.78 is 14.1. The van der Waals surface area contributed by atoms with Crippen LogP contribution in [0.2, 0.25) is 0 Å². The topological polar surface area (TPSA) is 32.3 Å². The molecule has 0 spiro atoms. The lowest BCUT2D eigenvalue weighted by Crippen LogP contribution is -2.41. The van der Waals surface area contributed by atoms with E-state index in [2.05, 4.69) is 12.2 Å². The van der Waals surface area contributed by atoms with Crippen molar-refractivity contribution in [1.29, 1.82) is 0 Å². The quantitative estimate of drug-likeness (QED) is 0.940. The molecule has 1 saturated heterocycles. The molecule has 21 heavy (non-hydrogen) atoms. The van der Waals surface area contributed by atoms with Gasteiger partial charge in [-0.15, -0.1) is 11.3 Å². The van der Waals surface area contributed by atoms with Crippen molar-refractivity contribution in [3.8, 4) is 0 Å². The number of benzene rings is 1. The number of carbonyl (C=O) groups is 1. The highest BCUT2D eigenvalue weighted by atomic mass is 32.1. The summed E-state index contributed by atoms with van der Waals surface area (Å²) in [7, 11) is 0. The largest absolute Gasteiger partial charge is 0.334 e.